The maximum atomic E-state index is 12.4. The van der Waals surface area contributed by atoms with Crippen LogP contribution in [-0.2, 0) is 11.3 Å². The second-order valence-corrected chi connectivity index (χ2v) is 6.64. The zero-order valence-electron chi connectivity index (χ0n) is 14.4. The number of carbonyl (C=O) groups is 1. The van der Waals surface area contributed by atoms with Crippen molar-refractivity contribution in [3.05, 3.63) is 65.6 Å². The largest absolute Gasteiger partial charge is 0.497 e. The second-order valence-electron chi connectivity index (χ2n) is 6.64. The zero-order valence-corrected chi connectivity index (χ0v) is 14.4. The molecule has 4 rings (SSSR count). The van der Waals surface area contributed by atoms with E-state index >= 15 is 0 Å². The van der Waals surface area contributed by atoms with Gasteiger partial charge < -0.3 is 14.5 Å². The van der Waals surface area contributed by atoms with E-state index in [4.69, 9.17) is 4.74 Å². The molecule has 2 atom stereocenters. The van der Waals surface area contributed by atoms with Crippen molar-refractivity contribution in [1.29, 1.82) is 0 Å². The summed E-state index contributed by atoms with van der Waals surface area (Å²) in [4.78, 5) is 16.9. The maximum absolute atomic E-state index is 12.4. The maximum Gasteiger partial charge on any atom is 0.224 e. The van der Waals surface area contributed by atoms with E-state index in [-0.39, 0.29) is 11.8 Å². The third kappa shape index (κ3) is 3.22. The van der Waals surface area contributed by atoms with Crippen LogP contribution in [0.25, 0.3) is 5.65 Å². The minimum Gasteiger partial charge on any atom is -0.497 e. The molecule has 1 aromatic carbocycles. The van der Waals surface area contributed by atoms with Gasteiger partial charge in [-0.1, -0.05) is 12.1 Å². The van der Waals surface area contributed by atoms with Crippen molar-refractivity contribution in [1.82, 2.24) is 14.7 Å². The molecule has 0 spiro atoms. The Labute approximate surface area is 146 Å². The third-order valence-electron chi connectivity index (χ3n) is 4.78. The lowest BCUT2D eigenvalue weighted by molar-refractivity contribution is -0.122. The smallest absolute Gasteiger partial charge is 0.224 e. The first kappa shape index (κ1) is 15.7. The van der Waals surface area contributed by atoms with Gasteiger partial charge in [-0.15, -0.1) is 0 Å². The Morgan fingerprint density at radius 3 is 2.88 bits per heavy atom. The molecule has 1 saturated carbocycles. The molecule has 5 nitrogen and oxygen atoms in total. The molecule has 3 aromatic rings. The number of aromatic nitrogens is 2. The average molecular weight is 335 g/mol. The molecule has 0 aliphatic heterocycles. The van der Waals surface area contributed by atoms with E-state index < -0.39 is 0 Å². The SMILES string of the molecule is COc1ccc(C2CC2C(=O)NCc2cn3ccc(C)cc3n2)cc1. The Bertz CT molecular complexity index is 914. The van der Waals surface area contributed by atoms with E-state index in [2.05, 4.69) is 10.3 Å². The first-order valence-corrected chi connectivity index (χ1v) is 8.50. The predicted octanol–water partition coefficient (Wildman–Crippen LogP) is 3.07. The monoisotopic (exact) mass is 335 g/mol. The summed E-state index contributed by atoms with van der Waals surface area (Å²) in [6.07, 6.45) is 4.86. The minimum atomic E-state index is 0.0627. The van der Waals surface area contributed by atoms with Crippen molar-refractivity contribution in [2.45, 2.75) is 25.8 Å². The number of carbonyl (C=O) groups excluding carboxylic acids is 1. The number of hydrogen-bond donors (Lipinski definition) is 1. The Balaban J connectivity index is 1.36. The lowest BCUT2D eigenvalue weighted by Gasteiger charge is -2.04. The summed E-state index contributed by atoms with van der Waals surface area (Å²) in [6.45, 7) is 2.51. The molecule has 0 saturated heterocycles. The number of nitrogens with one attached hydrogen (secondary N) is 1. The van der Waals surface area contributed by atoms with Crippen LogP contribution in [0.5, 0.6) is 5.75 Å². The van der Waals surface area contributed by atoms with E-state index in [1.807, 2.05) is 60.1 Å². The Hall–Kier alpha value is -2.82. The molecular formula is C20H21N3O2. The van der Waals surface area contributed by atoms with Crippen LogP contribution in [0.4, 0.5) is 0 Å². The summed E-state index contributed by atoms with van der Waals surface area (Å²) in [5.74, 6) is 1.32. The molecule has 5 heteroatoms. The molecule has 1 fully saturated rings. The highest BCUT2D eigenvalue weighted by Gasteiger charge is 2.43. The number of pyridine rings is 1. The molecule has 1 aliphatic rings. The summed E-state index contributed by atoms with van der Waals surface area (Å²) in [7, 11) is 1.66. The van der Waals surface area contributed by atoms with Crippen molar-refractivity contribution >= 4 is 11.6 Å². The first-order chi connectivity index (χ1) is 12.1. The first-order valence-electron chi connectivity index (χ1n) is 8.50. The van der Waals surface area contributed by atoms with Crippen molar-refractivity contribution in [2.75, 3.05) is 7.11 Å². The van der Waals surface area contributed by atoms with Gasteiger partial charge in [0.05, 0.1) is 19.3 Å². The Morgan fingerprint density at radius 1 is 1.32 bits per heavy atom. The molecule has 2 unspecified atom stereocenters. The predicted molar refractivity (Wildman–Crippen MR) is 95.6 cm³/mol. The van der Waals surface area contributed by atoms with Gasteiger partial charge in [-0.05, 0) is 54.7 Å². The van der Waals surface area contributed by atoms with Crippen LogP contribution in [0.3, 0.4) is 0 Å². The normalized spacial score (nSPS) is 19.0. The van der Waals surface area contributed by atoms with Crippen LogP contribution in [-0.4, -0.2) is 22.4 Å². The van der Waals surface area contributed by atoms with Crippen LogP contribution in [0.2, 0.25) is 0 Å². The highest BCUT2D eigenvalue weighted by molar-refractivity contribution is 5.82. The Kier molecular flexibility index (Phi) is 3.92. The van der Waals surface area contributed by atoms with Gasteiger partial charge in [0, 0.05) is 18.3 Å². The lowest BCUT2D eigenvalue weighted by Crippen LogP contribution is -2.25. The van der Waals surface area contributed by atoms with Crippen molar-refractivity contribution in [2.24, 2.45) is 5.92 Å². The number of amides is 1. The van der Waals surface area contributed by atoms with Gasteiger partial charge in [-0.25, -0.2) is 4.98 Å². The van der Waals surface area contributed by atoms with Gasteiger partial charge in [0.25, 0.3) is 0 Å². The van der Waals surface area contributed by atoms with Gasteiger partial charge in [-0.2, -0.15) is 0 Å². The molecule has 0 bridgehead atoms. The van der Waals surface area contributed by atoms with E-state index in [1.165, 1.54) is 11.1 Å². The van der Waals surface area contributed by atoms with Crippen molar-refractivity contribution in [3.63, 3.8) is 0 Å². The summed E-state index contributed by atoms with van der Waals surface area (Å²) < 4.78 is 7.15. The van der Waals surface area contributed by atoms with Crippen LogP contribution in [0, 0.1) is 12.8 Å². The van der Waals surface area contributed by atoms with Gasteiger partial charge in [0.2, 0.25) is 5.91 Å². The van der Waals surface area contributed by atoms with Crippen LogP contribution < -0.4 is 10.1 Å². The minimum absolute atomic E-state index is 0.0627. The molecule has 2 heterocycles. The molecule has 25 heavy (non-hydrogen) atoms. The number of methoxy groups -OCH3 is 1. The molecule has 1 amide bonds. The molecule has 2 aromatic heterocycles. The third-order valence-corrected chi connectivity index (χ3v) is 4.78. The van der Waals surface area contributed by atoms with E-state index in [0.717, 1.165) is 23.5 Å². The standard InChI is InChI=1S/C20H21N3O2/c1-13-7-8-23-12-15(22-19(23)9-13)11-21-20(24)18-10-17(18)14-3-5-16(25-2)6-4-14/h3-9,12,17-18H,10-11H2,1-2H3,(H,21,24). The zero-order chi connectivity index (χ0) is 17.4. The number of rotatable bonds is 5. The number of fused-ring (bicyclic) bond motifs is 1. The van der Waals surface area contributed by atoms with Crippen LogP contribution in [0.1, 0.15) is 29.2 Å². The van der Waals surface area contributed by atoms with Crippen LogP contribution in [0.15, 0.2) is 48.8 Å². The molecular weight excluding hydrogens is 314 g/mol. The van der Waals surface area contributed by atoms with Gasteiger partial charge in [0.15, 0.2) is 0 Å². The fourth-order valence-corrected chi connectivity index (χ4v) is 3.23. The Morgan fingerprint density at radius 2 is 2.12 bits per heavy atom. The molecule has 128 valence electrons. The quantitative estimate of drug-likeness (QED) is 0.779. The number of imidazole rings is 1. The highest BCUT2D eigenvalue weighted by Crippen LogP contribution is 2.47. The van der Waals surface area contributed by atoms with Crippen molar-refractivity contribution < 1.29 is 9.53 Å². The van der Waals surface area contributed by atoms with E-state index in [9.17, 15) is 4.79 Å². The number of benzene rings is 1. The number of aryl methyl sites for hydroxylation is 1. The average Bonchev–Trinajstić information content (AvgIpc) is 3.33. The fourth-order valence-electron chi connectivity index (χ4n) is 3.23. The highest BCUT2D eigenvalue weighted by atomic mass is 16.5. The fraction of sp³-hybridized carbons (Fsp3) is 0.300. The molecule has 1 aliphatic carbocycles. The lowest BCUT2D eigenvalue weighted by atomic mass is 10.1. The molecule has 1 N–H and O–H groups in total. The number of ether oxygens (including phenoxy) is 1. The summed E-state index contributed by atoms with van der Waals surface area (Å²) in [5, 5.41) is 3.02. The van der Waals surface area contributed by atoms with Gasteiger partial charge >= 0.3 is 0 Å². The number of nitrogens with zero attached hydrogens (tertiary/aromatic N) is 2. The van der Waals surface area contributed by atoms with Crippen LogP contribution >= 0.6 is 0 Å². The van der Waals surface area contributed by atoms with Gasteiger partial charge in [-0.3, -0.25) is 4.79 Å². The van der Waals surface area contributed by atoms with Gasteiger partial charge in [0.1, 0.15) is 11.4 Å². The summed E-state index contributed by atoms with van der Waals surface area (Å²) in [5.41, 5.74) is 4.16. The summed E-state index contributed by atoms with van der Waals surface area (Å²) >= 11 is 0. The van der Waals surface area contributed by atoms with E-state index in [0.29, 0.717) is 12.5 Å². The topological polar surface area (TPSA) is 55.6 Å². The number of hydrogen-bond acceptors (Lipinski definition) is 3. The molecule has 0 radical (unpaired) electrons. The van der Waals surface area contributed by atoms with Crippen molar-refractivity contribution in [3.8, 4) is 5.75 Å². The van der Waals surface area contributed by atoms with E-state index in [1.54, 1.807) is 7.11 Å². The second kappa shape index (κ2) is 6.24. The summed E-state index contributed by atoms with van der Waals surface area (Å²) in [6, 6.07) is 12.1.